The summed E-state index contributed by atoms with van der Waals surface area (Å²) in [4.78, 5) is 13.1. The number of hydrogen-bond donors (Lipinski definition) is 1. The molecule has 4 aromatic rings. The quantitative estimate of drug-likeness (QED) is 0.258. The zero-order valence-corrected chi connectivity index (χ0v) is 23.6. The van der Waals surface area contributed by atoms with Gasteiger partial charge in [0.1, 0.15) is 35.0 Å². The van der Waals surface area contributed by atoms with Gasteiger partial charge in [-0.1, -0.05) is 5.16 Å². The SMILES string of the molecule is CN(C)SN[C@@H]1Cn2c(cn(-c3noc4ccc(F)c(-c5c(F)cc(F)cc5F)c34)c2=O)C1(F)F.COC.COC. The second-order valence-corrected chi connectivity index (χ2v) is 9.99. The topological polar surface area (TPSA) is 86.7 Å². The molecule has 0 amide bonds. The number of imidazole rings is 1. The van der Waals surface area contributed by atoms with Crippen molar-refractivity contribution in [2.75, 3.05) is 42.5 Å². The number of rotatable bonds is 5. The number of benzene rings is 2. The zero-order valence-electron chi connectivity index (χ0n) is 22.8. The Hall–Kier alpha value is -3.31. The first-order chi connectivity index (χ1) is 19.3. The Bertz CT molecular complexity index is 1550. The Labute approximate surface area is 234 Å². The molecule has 2 aromatic carbocycles. The summed E-state index contributed by atoms with van der Waals surface area (Å²) in [6, 6.07) is 1.29. The number of ether oxygens (including phenoxy) is 2. The van der Waals surface area contributed by atoms with E-state index in [0.29, 0.717) is 16.7 Å². The van der Waals surface area contributed by atoms with Crippen molar-refractivity contribution in [1.82, 2.24) is 23.3 Å². The molecule has 16 heteroatoms. The number of nitrogens with one attached hydrogen (secondary N) is 1. The molecule has 1 aliphatic rings. The van der Waals surface area contributed by atoms with Gasteiger partial charge < -0.3 is 14.0 Å². The number of halogens is 6. The average molecular weight is 608 g/mol. The van der Waals surface area contributed by atoms with Gasteiger partial charge in [-0.2, -0.15) is 8.78 Å². The van der Waals surface area contributed by atoms with Crippen molar-refractivity contribution in [3.8, 4) is 16.9 Å². The van der Waals surface area contributed by atoms with Crippen LogP contribution in [-0.4, -0.2) is 67.2 Å². The summed E-state index contributed by atoms with van der Waals surface area (Å²) in [6.45, 7) is -0.382. The van der Waals surface area contributed by atoms with Crippen LogP contribution in [0.25, 0.3) is 27.9 Å². The van der Waals surface area contributed by atoms with Crippen LogP contribution < -0.4 is 10.4 Å². The van der Waals surface area contributed by atoms with Crippen molar-refractivity contribution >= 4 is 23.1 Å². The number of methoxy groups -OCH3 is 2. The maximum Gasteiger partial charge on any atom is 0.334 e. The van der Waals surface area contributed by atoms with E-state index in [4.69, 9.17) is 4.52 Å². The van der Waals surface area contributed by atoms with Crippen LogP contribution >= 0.6 is 12.1 Å². The number of alkyl halides is 2. The molecule has 1 N–H and O–H groups in total. The molecular formula is C25H27F6N5O4S. The maximum absolute atomic E-state index is 15.0. The molecule has 0 bridgehead atoms. The lowest BCUT2D eigenvalue weighted by Crippen LogP contribution is -2.39. The van der Waals surface area contributed by atoms with E-state index >= 15 is 8.78 Å². The minimum absolute atomic E-state index is 0.175. The second kappa shape index (κ2) is 13.1. The predicted molar refractivity (Wildman–Crippen MR) is 141 cm³/mol. The van der Waals surface area contributed by atoms with E-state index in [0.717, 1.165) is 35.0 Å². The van der Waals surface area contributed by atoms with E-state index in [1.165, 1.54) is 0 Å². The molecule has 41 heavy (non-hydrogen) atoms. The molecule has 9 nitrogen and oxygen atoms in total. The summed E-state index contributed by atoms with van der Waals surface area (Å²) in [7, 11) is 9.80. The lowest BCUT2D eigenvalue weighted by molar-refractivity contribution is -0.0242. The van der Waals surface area contributed by atoms with Crippen LogP contribution in [0, 0.1) is 23.3 Å². The summed E-state index contributed by atoms with van der Waals surface area (Å²) >= 11 is 0.934. The third-order valence-electron chi connectivity index (χ3n) is 5.56. The first-order valence-corrected chi connectivity index (χ1v) is 12.4. The molecule has 0 saturated carbocycles. The van der Waals surface area contributed by atoms with Crippen LogP contribution in [0.2, 0.25) is 0 Å². The highest BCUT2D eigenvalue weighted by Crippen LogP contribution is 2.41. The molecule has 1 aliphatic heterocycles. The van der Waals surface area contributed by atoms with Crippen molar-refractivity contribution in [3.05, 3.63) is 69.9 Å². The van der Waals surface area contributed by atoms with Crippen molar-refractivity contribution in [1.29, 1.82) is 0 Å². The molecule has 0 spiro atoms. The number of nitrogens with zero attached hydrogens (tertiary/aromatic N) is 4. The minimum Gasteiger partial charge on any atom is -0.388 e. The second-order valence-electron chi connectivity index (χ2n) is 8.84. The first-order valence-electron chi connectivity index (χ1n) is 11.7. The van der Waals surface area contributed by atoms with Crippen molar-refractivity contribution in [2.45, 2.75) is 18.5 Å². The van der Waals surface area contributed by atoms with Gasteiger partial charge in [-0.05, 0) is 26.2 Å². The fraction of sp³-hybridized carbons (Fsp3) is 0.360. The third kappa shape index (κ3) is 6.30. The molecule has 0 saturated heterocycles. The summed E-state index contributed by atoms with van der Waals surface area (Å²) in [5.41, 5.74) is -3.36. The van der Waals surface area contributed by atoms with Gasteiger partial charge in [-0.15, -0.1) is 0 Å². The van der Waals surface area contributed by atoms with Crippen molar-refractivity contribution < 1.29 is 40.3 Å². The Balaban J connectivity index is 0.000000710. The molecule has 0 radical (unpaired) electrons. The summed E-state index contributed by atoms with van der Waals surface area (Å²) in [6.07, 6.45) is 0.827. The minimum atomic E-state index is -3.46. The van der Waals surface area contributed by atoms with Crippen molar-refractivity contribution in [3.63, 3.8) is 0 Å². The summed E-state index contributed by atoms with van der Waals surface area (Å²) in [5.74, 6) is -9.08. The average Bonchev–Trinajstić information content (AvgIpc) is 3.51. The lowest BCUT2D eigenvalue weighted by Gasteiger charge is -2.20. The zero-order chi connectivity index (χ0) is 30.6. The van der Waals surface area contributed by atoms with Crippen LogP contribution in [0.4, 0.5) is 26.3 Å². The number of fused-ring (bicyclic) bond motifs is 2. The molecule has 0 unspecified atom stereocenters. The molecule has 2 aromatic heterocycles. The largest absolute Gasteiger partial charge is 0.388 e. The van der Waals surface area contributed by atoms with Gasteiger partial charge in [0.2, 0.25) is 0 Å². The van der Waals surface area contributed by atoms with Crippen LogP contribution in [-0.2, 0) is 21.9 Å². The van der Waals surface area contributed by atoms with E-state index < -0.39 is 63.6 Å². The number of hydrogen-bond acceptors (Lipinski definition) is 8. The Kier molecular flexibility index (Phi) is 10.3. The van der Waals surface area contributed by atoms with Crippen molar-refractivity contribution in [2.24, 2.45) is 0 Å². The number of aromatic nitrogens is 3. The maximum atomic E-state index is 15.0. The fourth-order valence-electron chi connectivity index (χ4n) is 4.01. The van der Waals surface area contributed by atoms with Crippen LogP contribution in [0.1, 0.15) is 5.69 Å². The summed E-state index contributed by atoms with van der Waals surface area (Å²) in [5, 5.41) is 3.34. The van der Waals surface area contributed by atoms with Gasteiger partial charge in [0.15, 0.2) is 11.4 Å². The Morgan fingerprint density at radius 1 is 1.02 bits per heavy atom. The van der Waals surface area contributed by atoms with Gasteiger partial charge in [-0.3, -0.25) is 4.57 Å². The van der Waals surface area contributed by atoms with Crippen LogP contribution in [0.3, 0.4) is 0 Å². The van der Waals surface area contributed by atoms with Gasteiger partial charge in [0, 0.05) is 64.5 Å². The van der Waals surface area contributed by atoms with E-state index in [1.807, 2.05) is 0 Å². The highest BCUT2D eigenvalue weighted by molar-refractivity contribution is 7.95. The monoisotopic (exact) mass is 607 g/mol. The van der Waals surface area contributed by atoms with Crippen LogP contribution in [0.5, 0.6) is 0 Å². The molecule has 0 fully saturated rings. The van der Waals surface area contributed by atoms with E-state index in [9.17, 15) is 22.4 Å². The van der Waals surface area contributed by atoms with Gasteiger partial charge in [0.25, 0.3) is 0 Å². The standard InChI is InChI=1S/C21H15F6N5O2S.2C2H6O/c1-30(2)35-29-14-7-31-15(21(14,26)27)8-32(20(31)33)19-18-13(34-28-19)4-3-10(23)17(18)16-11(24)5-9(22)6-12(16)25;2*1-3-2/h3-6,8,14,29H,7H2,1-2H3;2*1-2H3/t14-;;/m1../s1. The molecule has 1 atom stereocenters. The lowest BCUT2D eigenvalue weighted by atomic mass is 9.99. The third-order valence-corrected chi connectivity index (χ3v) is 6.31. The summed E-state index contributed by atoms with van der Waals surface area (Å²) < 4.78 is 107. The molecule has 3 heterocycles. The smallest absolute Gasteiger partial charge is 0.334 e. The normalized spacial score (nSPS) is 15.4. The van der Waals surface area contributed by atoms with Gasteiger partial charge in [-0.25, -0.2) is 36.0 Å². The Morgan fingerprint density at radius 3 is 2.15 bits per heavy atom. The van der Waals surface area contributed by atoms with E-state index in [1.54, 1.807) is 46.8 Å². The van der Waals surface area contributed by atoms with Gasteiger partial charge >= 0.3 is 11.6 Å². The first kappa shape index (κ1) is 32.2. The highest BCUT2D eigenvalue weighted by Gasteiger charge is 2.51. The molecule has 0 aliphatic carbocycles. The van der Waals surface area contributed by atoms with Crippen LogP contribution in [0.15, 0.2) is 39.8 Å². The van der Waals surface area contributed by atoms with E-state index in [2.05, 4.69) is 19.4 Å². The molecule has 5 rings (SSSR count). The predicted octanol–water partition coefficient (Wildman–Crippen LogP) is 4.72. The Morgan fingerprint density at radius 2 is 1.61 bits per heavy atom. The van der Waals surface area contributed by atoms with E-state index in [-0.39, 0.29) is 17.5 Å². The molecular weight excluding hydrogens is 580 g/mol. The highest BCUT2D eigenvalue weighted by atomic mass is 32.2. The fourth-order valence-corrected chi connectivity index (χ4v) is 4.58. The van der Waals surface area contributed by atoms with Gasteiger partial charge in [0.05, 0.1) is 17.5 Å². The molecule has 224 valence electrons.